The first kappa shape index (κ1) is 21.1. The average molecular weight is 426 g/mol. The average Bonchev–Trinajstić information content (AvgIpc) is 3.51. The summed E-state index contributed by atoms with van der Waals surface area (Å²) in [5, 5.41) is 5.02. The summed E-state index contributed by atoms with van der Waals surface area (Å²) in [6, 6.07) is 0.207. The molecule has 0 spiro atoms. The fraction of sp³-hybridized carbons (Fsp3) is 0.905. The second-order valence-electron chi connectivity index (χ2n) is 9.89. The maximum atomic E-state index is 13.0. The van der Waals surface area contributed by atoms with Crippen LogP contribution in [0.1, 0.15) is 71.6 Å². The summed E-state index contributed by atoms with van der Waals surface area (Å²) in [4.78, 5) is 29.5. The molecule has 6 atom stereocenters. The van der Waals surface area contributed by atoms with Gasteiger partial charge in [-0.05, 0) is 63.7 Å². The van der Waals surface area contributed by atoms with Crippen molar-refractivity contribution in [3.8, 4) is 0 Å². The van der Waals surface area contributed by atoms with Gasteiger partial charge in [0.05, 0.1) is 17.3 Å². The van der Waals surface area contributed by atoms with E-state index < -0.39 is 15.3 Å². The largest absolute Gasteiger partial charge is 0.335 e. The van der Waals surface area contributed by atoms with Gasteiger partial charge in [0.25, 0.3) is 0 Å². The number of rotatable bonds is 3. The van der Waals surface area contributed by atoms with Crippen molar-refractivity contribution in [2.24, 2.45) is 22.9 Å². The third kappa shape index (κ3) is 4.20. The molecule has 1 saturated heterocycles. The number of sulfonamides is 1. The van der Waals surface area contributed by atoms with Crippen LogP contribution in [0.3, 0.4) is 0 Å². The summed E-state index contributed by atoms with van der Waals surface area (Å²) >= 11 is 0. The number of carbonyl (C=O) groups is 2. The highest BCUT2D eigenvalue weighted by Crippen LogP contribution is 2.44. The lowest BCUT2D eigenvalue weighted by molar-refractivity contribution is -0.155. The van der Waals surface area contributed by atoms with Crippen LogP contribution in [0.25, 0.3) is 0 Å². The fourth-order valence-electron chi connectivity index (χ4n) is 6.35. The highest BCUT2D eigenvalue weighted by atomic mass is 32.2. The summed E-state index contributed by atoms with van der Waals surface area (Å²) in [5.74, 6) is 1.28. The molecule has 2 N–H and O–H groups in total. The molecule has 3 aliphatic carbocycles. The zero-order valence-electron chi connectivity index (χ0n) is 17.6. The molecule has 0 bridgehead atoms. The van der Waals surface area contributed by atoms with E-state index >= 15 is 0 Å². The Morgan fingerprint density at radius 1 is 0.931 bits per heavy atom. The fourth-order valence-corrected chi connectivity index (χ4v) is 7.37. The van der Waals surface area contributed by atoms with Crippen LogP contribution in [0.2, 0.25) is 0 Å². The number of nitrogens with two attached hydrogens (primary N) is 1. The molecule has 2 amide bonds. The number of piperazine rings is 1. The van der Waals surface area contributed by atoms with Crippen molar-refractivity contribution in [2.45, 2.75) is 95.0 Å². The standard InChI is InChI=1S/C21H35N3O4S/c1-13-12-23(21(26)15-6-7-15)20-11-17(8-9-19(20)24(13)14(2)25)16-4-3-5-18(10-16)29(22,27)28/h13,15-20H,3-12H2,1-2H3,(H2,22,27,28)/t13-,16?,17?,18?,19?,20?/m0/s1. The Morgan fingerprint density at radius 2 is 1.62 bits per heavy atom. The molecular weight excluding hydrogens is 390 g/mol. The lowest BCUT2D eigenvalue weighted by Crippen LogP contribution is -2.67. The number of hydrogen-bond donors (Lipinski definition) is 1. The quantitative estimate of drug-likeness (QED) is 0.746. The van der Waals surface area contributed by atoms with Crippen molar-refractivity contribution in [3.63, 3.8) is 0 Å². The first-order valence-corrected chi connectivity index (χ1v) is 12.9. The van der Waals surface area contributed by atoms with Gasteiger partial charge >= 0.3 is 0 Å². The van der Waals surface area contributed by atoms with Gasteiger partial charge in [0.2, 0.25) is 21.8 Å². The molecule has 3 saturated carbocycles. The molecule has 0 aromatic rings. The van der Waals surface area contributed by atoms with Gasteiger partial charge in [-0.2, -0.15) is 0 Å². The van der Waals surface area contributed by atoms with E-state index in [1.807, 2.05) is 4.90 Å². The van der Waals surface area contributed by atoms with Crippen molar-refractivity contribution in [3.05, 3.63) is 0 Å². The van der Waals surface area contributed by atoms with Crippen LogP contribution >= 0.6 is 0 Å². The molecule has 7 nitrogen and oxygen atoms in total. The highest BCUT2D eigenvalue weighted by molar-refractivity contribution is 7.89. The Balaban J connectivity index is 1.53. The number of carbonyl (C=O) groups excluding carboxylic acids is 2. The smallest absolute Gasteiger partial charge is 0.226 e. The van der Waals surface area contributed by atoms with Crippen LogP contribution < -0.4 is 5.14 Å². The topological polar surface area (TPSA) is 101 Å². The summed E-state index contributed by atoms with van der Waals surface area (Å²) in [6.45, 7) is 4.30. The van der Waals surface area contributed by atoms with Crippen LogP contribution in [-0.2, 0) is 19.6 Å². The summed E-state index contributed by atoms with van der Waals surface area (Å²) in [7, 11) is -3.49. The van der Waals surface area contributed by atoms with Crippen molar-refractivity contribution in [1.29, 1.82) is 0 Å². The minimum atomic E-state index is -3.49. The zero-order chi connectivity index (χ0) is 20.9. The third-order valence-corrected chi connectivity index (χ3v) is 9.24. The van der Waals surface area contributed by atoms with Gasteiger partial charge in [-0.1, -0.05) is 12.8 Å². The number of hydrogen-bond acceptors (Lipinski definition) is 4. The Bertz CT molecular complexity index is 766. The predicted molar refractivity (Wildman–Crippen MR) is 110 cm³/mol. The van der Waals surface area contributed by atoms with Crippen molar-refractivity contribution >= 4 is 21.8 Å². The Morgan fingerprint density at radius 3 is 2.24 bits per heavy atom. The van der Waals surface area contributed by atoms with Gasteiger partial charge in [-0.15, -0.1) is 0 Å². The molecule has 4 fully saturated rings. The van der Waals surface area contributed by atoms with Crippen LogP contribution in [0.5, 0.6) is 0 Å². The van der Waals surface area contributed by atoms with E-state index in [1.165, 1.54) is 0 Å². The summed E-state index contributed by atoms with van der Waals surface area (Å²) in [6.07, 6.45) is 7.98. The molecule has 5 unspecified atom stereocenters. The Hall–Kier alpha value is -1.15. The normalized spacial score (nSPS) is 38.4. The minimum Gasteiger partial charge on any atom is -0.335 e. The van der Waals surface area contributed by atoms with E-state index in [9.17, 15) is 18.0 Å². The number of amides is 2. The van der Waals surface area contributed by atoms with E-state index in [4.69, 9.17) is 5.14 Å². The first-order valence-electron chi connectivity index (χ1n) is 11.3. The van der Waals surface area contributed by atoms with Gasteiger partial charge in [0.15, 0.2) is 0 Å². The van der Waals surface area contributed by atoms with E-state index in [2.05, 4.69) is 11.8 Å². The Kier molecular flexibility index (Phi) is 5.70. The van der Waals surface area contributed by atoms with E-state index in [1.54, 1.807) is 6.92 Å². The van der Waals surface area contributed by atoms with E-state index in [0.717, 1.165) is 44.9 Å². The Labute approximate surface area is 174 Å². The van der Waals surface area contributed by atoms with Crippen LogP contribution in [0.15, 0.2) is 0 Å². The molecule has 1 aliphatic heterocycles. The van der Waals surface area contributed by atoms with Gasteiger partial charge in [-0.3, -0.25) is 9.59 Å². The number of primary sulfonamides is 1. The zero-order valence-corrected chi connectivity index (χ0v) is 18.4. The molecule has 1 heterocycles. The van der Waals surface area contributed by atoms with Gasteiger partial charge in [0, 0.05) is 25.4 Å². The molecule has 4 rings (SSSR count). The summed E-state index contributed by atoms with van der Waals surface area (Å²) in [5.41, 5.74) is 0. The first-order chi connectivity index (χ1) is 13.7. The highest BCUT2D eigenvalue weighted by Gasteiger charge is 2.49. The second kappa shape index (κ2) is 7.84. The SMILES string of the molecule is CC(=O)N1C2CCC(C3CCCC(S(N)(=O)=O)C3)CC2N(C(=O)C2CC2)C[C@@H]1C. The molecule has 29 heavy (non-hydrogen) atoms. The van der Waals surface area contributed by atoms with Crippen LogP contribution in [0, 0.1) is 17.8 Å². The van der Waals surface area contributed by atoms with E-state index in [-0.39, 0.29) is 35.9 Å². The molecule has 4 aliphatic rings. The van der Waals surface area contributed by atoms with Crippen LogP contribution in [0.4, 0.5) is 0 Å². The molecular formula is C21H35N3O4S. The number of nitrogens with zero attached hydrogens (tertiary/aromatic N) is 2. The molecule has 8 heteroatoms. The van der Waals surface area contributed by atoms with Crippen molar-refractivity contribution < 1.29 is 18.0 Å². The maximum absolute atomic E-state index is 13.0. The number of fused-ring (bicyclic) bond motifs is 1. The van der Waals surface area contributed by atoms with Crippen LogP contribution in [-0.4, -0.2) is 60.0 Å². The monoisotopic (exact) mass is 425 g/mol. The van der Waals surface area contributed by atoms with Gasteiger partial charge in [-0.25, -0.2) is 13.6 Å². The lowest BCUT2D eigenvalue weighted by atomic mass is 9.69. The van der Waals surface area contributed by atoms with Gasteiger partial charge < -0.3 is 9.80 Å². The predicted octanol–water partition coefficient (Wildman–Crippen LogP) is 1.86. The van der Waals surface area contributed by atoms with E-state index in [0.29, 0.717) is 31.2 Å². The molecule has 0 aromatic carbocycles. The molecule has 164 valence electrons. The second-order valence-corrected chi connectivity index (χ2v) is 11.7. The third-order valence-electron chi connectivity index (χ3n) is 7.89. The van der Waals surface area contributed by atoms with Crippen molar-refractivity contribution in [1.82, 2.24) is 9.80 Å². The minimum absolute atomic E-state index is 0.0504. The molecule has 0 radical (unpaired) electrons. The van der Waals surface area contributed by atoms with Crippen molar-refractivity contribution in [2.75, 3.05) is 6.54 Å². The summed E-state index contributed by atoms with van der Waals surface area (Å²) < 4.78 is 23.8. The van der Waals surface area contributed by atoms with Gasteiger partial charge in [0.1, 0.15) is 0 Å². The molecule has 0 aromatic heterocycles. The maximum Gasteiger partial charge on any atom is 0.226 e. The lowest BCUT2D eigenvalue weighted by Gasteiger charge is -2.55.